The highest BCUT2D eigenvalue weighted by Gasteiger charge is 2.45. The van der Waals surface area contributed by atoms with Gasteiger partial charge in [-0.3, -0.25) is 4.57 Å². The molecule has 0 saturated carbocycles. The number of carbonyl (C=O) groups excluding carboxylic acids is 1. The third kappa shape index (κ3) is 16.1. The predicted octanol–water partition coefficient (Wildman–Crippen LogP) is 9.33. The fourth-order valence-electron chi connectivity index (χ4n) is 3.64. The molecular formula is C31H51O4P. The SMILES string of the molecule is CC(C)=CCC/C=C/CC/C(C)=C/CC(C=O)(C/C=C(\C)CC/C=C(\C)CCC=C(C)C)P(=O)(O)O. The summed E-state index contributed by atoms with van der Waals surface area (Å²) in [6.45, 7) is 14.5. The van der Waals surface area contributed by atoms with E-state index in [4.69, 9.17) is 0 Å². The molecule has 5 heteroatoms. The minimum absolute atomic E-state index is 0.0456. The molecule has 0 fully saturated rings. The van der Waals surface area contributed by atoms with E-state index in [1.165, 1.54) is 16.7 Å². The molecule has 0 spiro atoms. The number of hydrogen-bond acceptors (Lipinski definition) is 2. The van der Waals surface area contributed by atoms with Gasteiger partial charge in [-0.15, -0.1) is 0 Å². The highest BCUT2D eigenvalue weighted by Crippen LogP contribution is 2.54. The molecule has 0 heterocycles. The van der Waals surface area contributed by atoms with Crippen molar-refractivity contribution < 1.29 is 19.1 Å². The zero-order valence-corrected chi connectivity index (χ0v) is 24.7. The van der Waals surface area contributed by atoms with Crippen molar-refractivity contribution in [1.29, 1.82) is 0 Å². The smallest absolute Gasteiger partial charge is 0.324 e. The average Bonchev–Trinajstić information content (AvgIpc) is 2.77. The largest absolute Gasteiger partial charge is 0.339 e. The average molecular weight is 519 g/mol. The first-order valence-corrected chi connectivity index (χ1v) is 14.8. The molecule has 0 saturated heterocycles. The molecule has 1 unspecified atom stereocenters. The Balaban J connectivity index is 4.99. The van der Waals surface area contributed by atoms with Crippen LogP contribution < -0.4 is 0 Å². The quantitative estimate of drug-likeness (QED) is 0.0820. The molecule has 0 aliphatic carbocycles. The van der Waals surface area contributed by atoms with Crippen LogP contribution in [0.3, 0.4) is 0 Å². The molecule has 204 valence electrons. The van der Waals surface area contributed by atoms with E-state index in [0.717, 1.165) is 62.5 Å². The van der Waals surface area contributed by atoms with Crippen LogP contribution in [-0.2, 0) is 9.36 Å². The van der Waals surface area contributed by atoms with E-state index < -0.39 is 12.8 Å². The van der Waals surface area contributed by atoms with Crippen molar-refractivity contribution in [2.75, 3.05) is 0 Å². The third-order valence-electron chi connectivity index (χ3n) is 6.29. The van der Waals surface area contributed by atoms with E-state index in [-0.39, 0.29) is 12.8 Å². The monoisotopic (exact) mass is 518 g/mol. The molecule has 1 atom stereocenters. The molecule has 0 aromatic rings. The van der Waals surface area contributed by atoms with Crippen LogP contribution in [0, 0.1) is 0 Å². The topological polar surface area (TPSA) is 74.6 Å². The van der Waals surface area contributed by atoms with Crippen LogP contribution in [-0.4, -0.2) is 21.2 Å². The Hall–Kier alpha value is -1.74. The van der Waals surface area contributed by atoms with Crippen molar-refractivity contribution in [2.24, 2.45) is 0 Å². The summed E-state index contributed by atoms with van der Waals surface area (Å²) in [5, 5.41) is -1.70. The maximum Gasteiger partial charge on any atom is 0.339 e. The van der Waals surface area contributed by atoms with Crippen molar-refractivity contribution in [2.45, 2.75) is 118 Å². The first-order chi connectivity index (χ1) is 16.8. The van der Waals surface area contributed by atoms with Crippen LogP contribution >= 0.6 is 7.60 Å². The van der Waals surface area contributed by atoms with Crippen molar-refractivity contribution in [3.8, 4) is 0 Å². The number of hydrogen-bond donors (Lipinski definition) is 2. The van der Waals surface area contributed by atoms with E-state index >= 15 is 0 Å². The van der Waals surface area contributed by atoms with Gasteiger partial charge in [0.25, 0.3) is 0 Å². The van der Waals surface area contributed by atoms with Gasteiger partial charge in [0.2, 0.25) is 0 Å². The summed E-state index contributed by atoms with van der Waals surface area (Å²) in [7, 11) is -4.63. The molecule has 0 rings (SSSR count). The highest BCUT2D eigenvalue weighted by molar-refractivity contribution is 7.54. The zero-order chi connectivity index (χ0) is 27.6. The van der Waals surface area contributed by atoms with Gasteiger partial charge in [-0.25, -0.2) is 0 Å². The first-order valence-electron chi connectivity index (χ1n) is 13.2. The maximum atomic E-state index is 12.3. The summed E-state index contributed by atoms with van der Waals surface area (Å²) >= 11 is 0. The first kappa shape index (κ1) is 34.3. The fraction of sp³-hybridized carbons (Fsp3) is 0.581. The lowest BCUT2D eigenvalue weighted by atomic mass is 9.97. The van der Waals surface area contributed by atoms with Gasteiger partial charge in [0.05, 0.1) is 0 Å². The molecule has 0 radical (unpaired) electrons. The van der Waals surface area contributed by atoms with Gasteiger partial charge in [0, 0.05) is 0 Å². The molecule has 2 N–H and O–H groups in total. The fourth-order valence-corrected chi connectivity index (χ4v) is 4.44. The van der Waals surface area contributed by atoms with Gasteiger partial charge in [-0.05, 0) is 113 Å². The van der Waals surface area contributed by atoms with Crippen LogP contribution in [0.2, 0.25) is 0 Å². The van der Waals surface area contributed by atoms with Crippen molar-refractivity contribution in [3.05, 3.63) is 70.4 Å². The lowest BCUT2D eigenvalue weighted by molar-refractivity contribution is -0.110. The Kier molecular flexibility index (Phi) is 17.6. The number of rotatable bonds is 18. The van der Waals surface area contributed by atoms with Crippen LogP contribution in [0.25, 0.3) is 0 Å². The molecule has 0 amide bonds. The Bertz CT molecular complexity index is 888. The maximum absolute atomic E-state index is 12.3. The zero-order valence-electron chi connectivity index (χ0n) is 23.8. The summed E-state index contributed by atoms with van der Waals surface area (Å²) in [4.78, 5) is 32.1. The van der Waals surface area contributed by atoms with E-state index in [1.807, 2.05) is 26.0 Å². The predicted molar refractivity (Wildman–Crippen MR) is 156 cm³/mol. The Labute approximate surface area is 221 Å². The summed E-state index contributed by atoms with van der Waals surface area (Å²) in [5.74, 6) is 0. The Morgan fingerprint density at radius 1 is 0.611 bits per heavy atom. The van der Waals surface area contributed by atoms with Gasteiger partial charge in [0.15, 0.2) is 0 Å². The molecule has 0 bridgehead atoms. The lowest BCUT2D eigenvalue weighted by Gasteiger charge is -2.27. The molecule has 0 aromatic heterocycles. The van der Waals surface area contributed by atoms with Crippen molar-refractivity contribution in [3.63, 3.8) is 0 Å². The van der Waals surface area contributed by atoms with E-state index in [9.17, 15) is 19.1 Å². The number of unbranched alkanes of at least 4 members (excludes halogenated alkanes) is 1. The van der Waals surface area contributed by atoms with Crippen LogP contribution in [0.15, 0.2) is 70.4 Å². The van der Waals surface area contributed by atoms with Crippen LogP contribution in [0.4, 0.5) is 0 Å². The molecule has 0 aliphatic heterocycles. The Morgan fingerprint density at radius 2 is 1.03 bits per heavy atom. The molecule has 0 aliphatic rings. The van der Waals surface area contributed by atoms with Crippen molar-refractivity contribution >= 4 is 13.9 Å². The minimum atomic E-state index is -4.63. The number of allylic oxidation sites excluding steroid dienone is 12. The second kappa shape index (κ2) is 18.5. The van der Waals surface area contributed by atoms with Gasteiger partial charge in [-0.1, -0.05) is 70.4 Å². The van der Waals surface area contributed by atoms with Crippen molar-refractivity contribution in [1.82, 2.24) is 0 Å². The second-order valence-electron chi connectivity index (χ2n) is 10.6. The van der Waals surface area contributed by atoms with E-state index in [1.54, 1.807) is 0 Å². The van der Waals surface area contributed by atoms with E-state index in [2.05, 4.69) is 65.0 Å². The second-order valence-corrected chi connectivity index (χ2v) is 12.5. The van der Waals surface area contributed by atoms with Gasteiger partial charge >= 0.3 is 7.60 Å². The normalized spacial score (nSPS) is 15.1. The van der Waals surface area contributed by atoms with Gasteiger partial charge in [-0.2, -0.15) is 0 Å². The summed E-state index contributed by atoms with van der Waals surface area (Å²) < 4.78 is 12.3. The Morgan fingerprint density at radius 3 is 1.50 bits per heavy atom. The third-order valence-corrected chi connectivity index (χ3v) is 7.92. The lowest BCUT2D eigenvalue weighted by Crippen LogP contribution is -2.30. The van der Waals surface area contributed by atoms with Crippen LogP contribution in [0.5, 0.6) is 0 Å². The minimum Gasteiger partial charge on any atom is -0.324 e. The van der Waals surface area contributed by atoms with Gasteiger partial charge < -0.3 is 14.6 Å². The van der Waals surface area contributed by atoms with Gasteiger partial charge in [0.1, 0.15) is 11.4 Å². The highest BCUT2D eigenvalue weighted by atomic mass is 31.2. The number of aldehydes is 1. The summed E-state index contributed by atoms with van der Waals surface area (Å²) in [6, 6.07) is 0. The molecule has 4 nitrogen and oxygen atoms in total. The molecular weight excluding hydrogens is 467 g/mol. The van der Waals surface area contributed by atoms with Crippen LogP contribution in [0.1, 0.15) is 113 Å². The van der Waals surface area contributed by atoms with E-state index in [0.29, 0.717) is 6.29 Å². The standard InChI is InChI=1S/C31H51O4P/c1-26(2)15-11-9-8-10-12-17-29(6)21-23-31(25-32,36(33,34)35)24-22-30(7)20-14-19-28(5)18-13-16-27(3)4/h8,10,15-16,19,21-22,25H,9,11-14,17-18,20,23-24H2,1-7H3,(H2,33,34,35)/b10-8+,28-19+,29-21+,30-22+. The summed E-state index contributed by atoms with van der Waals surface area (Å²) in [5.41, 5.74) is 6.09. The number of carbonyl (C=O) groups is 1. The molecule has 36 heavy (non-hydrogen) atoms. The summed E-state index contributed by atoms with van der Waals surface area (Å²) in [6.07, 6.45) is 22.7. The molecule has 0 aromatic carbocycles.